The van der Waals surface area contributed by atoms with Crippen LogP contribution in [0.1, 0.15) is 61.2 Å². The van der Waals surface area contributed by atoms with Crippen LogP contribution in [0, 0.1) is 23.2 Å². The fourth-order valence-corrected chi connectivity index (χ4v) is 6.26. The van der Waals surface area contributed by atoms with Gasteiger partial charge in [-0.3, -0.25) is 9.55 Å². The quantitative estimate of drug-likeness (QED) is 0.452. The standard InChI is InChI=1S/C29H28F2N6O3/c30-22-4-1-3-21(25(22)31)17-7-9-24(26-18(15-17)6-8-19(16-32)34-26)40-29(39)36-13-10-20(11-14-36)37-23-5-2-12-33-27(23)35-28(37)38/h1-2,4-6,8,12,17,20-21,24H,3,7,9-11,13-15H2,(H,33,35,38)/t17-,21?,24-/m1/s1. The molecule has 1 amide bonds. The molecule has 11 heteroatoms. The first-order valence-electron chi connectivity index (χ1n) is 13.6. The number of hydrogen-bond acceptors (Lipinski definition) is 6. The summed E-state index contributed by atoms with van der Waals surface area (Å²) in [5.74, 6) is -2.37. The molecule has 3 aliphatic rings. The number of amides is 1. The third-order valence-electron chi connectivity index (χ3n) is 8.31. The minimum Gasteiger partial charge on any atom is -0.440 e. The Hall–Kier alpha value is -4.33. The lowest BCUT2D eigenvalue weighted by Gasteiger charge is -2.33. The molecule has 0 aromatic carbocycles. The highest BCUT2D eigenvalue weighted by Crippen LogP contribution is 2.42. The van der Waals surface area contributed by atoms with Gasteiger partial charge in [-0.15, -0.1) is 0 Å². The molecule has 3 atom stereocenters. The van der Waals surface area contributed by atoms with Crippen molar-refractivity contribution in [1.29, 1.82) is 5.26 Å². The molecule has 40 heavy (non-hydrogen) atoms. The van der Waals surface area contributed by atoms with Gasteiger partial charge in [-0.2, -0.15) is 5.26 Å². The number of pyridine rings is 2. The third-order valence-corrected chi connectivity index (χ3v) is 8.31. The van der Waals surface area contributed by atoms with Gasteiger partial charge in [-0.1, -0.05) is 12.1 Å². The average Bonchev–Trinajstić information content (AvgIpc) is 3.21. The summed E-state index contributed by atoms with van der Waals surface area (Å²) in [7, 11) is 0. The number of likely N-dealkylation sites (tertiary alicyclic amines) is 1. The van der Waals surface area contributed by atoms with Gasteiger partial charge >= 0.3 is 11.8 Å². The zero-order chi connectivity index (χ0) is 27.8. The van der Waals surface area contributed by atoms with Crippen LogP contribution in [0.25, 0.3) is 11.2 Å². The molecular weight excluding hydrogens is 518 g/mol. The van der Waals surface area contributed by atoms with Gasteiger partial charge in [-0.25, -0.2) is 28.3 Å². The predicted molar refractivity (Wildman–Crippen MR) is 141 cm³/mol. The zero-order valence-corrected chi connectivity index (χ0v) is 21.7. The molecule has 3 aromatic rings. The lowest BCUT2D eigenvalue weighted by atomic mass is 9.80. The lowest BCUT2D eigenvalue weighted by molar-refractivity contribution is 0.0458. The van der Waals surface area contributed by atoms with Gasteiger partial charge in [0, 0.05) is 31.2 Å². The lowest BCUT2D eigenvalue weighted by Crippen LogP contribution is -2.41. The molecule has 1 N–H and O–H groups in total. The molecule has 0 bridgehead atoms. The average molecular weight is 547 g/mol. The highest BCUT2D eigenvalue weighted by atomic mass is 19.2. The Balaban J connectivity index is 1.17. The van der Waals surface area contributed by atoms with Crippen LogP contribution in [0.2, 0.25) is 0 Å². The van der Waals surface area contributed by atoms with E-state index in [0.29, 0.717) is 63.0 Å². The van der Waals surface area contributed by atoms with Crippen molar-refractivity contribution >= 4 is 17.3 Å². The van der Waals surface area contributed by atoms with Crippen molar-refractivity contribution in [2.24, 2.45) is 11.8 Å². The molecule has 1 fully saturated rings. The maximum absolute atomic E-state index is 14.7. The first-order chi connectivity index (χ1) is 19.4. The Bertz CT molecular complexity index is 1610. The number of nitriles is 1. The SMILES string of the molecule is N#Cc1ccc2c(n1)[C@H](OC(=O)N1CCC(n3c(=O)[nH]c4ncccc43)CC1)CC[C@@H](C1CC=CC(F)=C1F)C2. The van der Waals surface area contributed by atoms with Crippen LogP contribution >= 0.6 is 0 Å². The van der Waals surface area contributed by atoms with Crippen LogP contribution in [0.15, 0.2) is 59.1 Å². The molecule has 2 aliphatic carbocycles. The Kier molecular flexibility index (Phi) is 6.92. The van der Waals surface area contributed by atoms with E-state index in [4.69, 9.17) is 4.74 Å². The molecule has 6 rings (SSSR count). The Labute approximate surface area is 228 Å². The van der Waals surface area contributed by atoms with E-state index >= 15 is 0 Å². The van der Waals surface area contributed by atoms with Crippen LogP contribution in [-0.4, -0.2) is 43.6 Å². The molecule has 0 saturated carbocycles. The van der Waals surface area contributed by atoms with Crippen molar-refractivity contribution in [3.63, 3.8) is 0 Å². The van der Waals surface area contributed by atoms with Crippen LogP contribution in [0.5, 0.6) is 0 Å². The number of nitrogens with zero attached hydrogens (tertiary/aromatic N) is 5. The Morgan fingerprint density at radius 3 is 2.77 bits per heavy atom. The van der Waals surface area contributed by atoms with Crippen LogP contribution in [0.4, 0.5) is 13.6 Å². The van der Waals surface area contributed by atoms with Crippen LogP contribution in [-0.2, 0) is 11.2 Å². The maximum atomic E-state index is 14.7. The molecule has 1 saturated heterocycles. The molecule has 1 unspecified atom stereocenters. The van der Waals surface area contributed by atoms with Crippen LogP contribution in [0.3, 0.4) is 0 Å². The summed E-state index contributed by atoms with van der Waals surface area (Å²) in [6, 6.07) is 8.95. The van der Waals surface area contributed by atoms with Gasteiger partial charge in [0.1, 0.15) is 23.7 Å². The Morgan fingerprint density at radius 1 is 1.15 bits per heavy atom. The molecule has 0 spiro atoms. The monoisotopic (exact) mass is 546 g/mol. The van der Waals surface area contributed by atoms with E-state index in [-0.39, 0.29) is 23.3 Å². The minimum absolute atomic E-state index is 0.0818. The number of aromatic nitrogens is 4. The number of carbonyl (C=O) groups is 1. The second-order valence-corrected chi connectivity index (χ2v) is 10.6. The topological polar surface area (TPSA) is 117 Å². The second kappa shape index (κ2) is 10.7. The summed E-state index contributed by atoms with van der Waals surface area (Å²) in [5.41, 5.74) is 2.52. The van der Waals surface area contributed by atoms with Crippen molar-refractivity contribution in [3.05, 3.63) is 81.7 Å². The van der Waals surface area contributed by atoms with Gasteiger partial charge in [0.05, 0.1) is 11.2 Å². The normalized spacial score (nSPS) is 23.5. The number of nitrogens with one attached hydrogen (secondary N) is 1. The number of imidazole rings is 1. The summed E-state index contributed by atoms with van der Waals surface area (Å²) in [6.07, 6.45) is 6.11. The number of halogens is 2. The van der Waals surface area contributed by atoms with Crippen LogP contribution < -0.4 is 5.69 Å². The minimum atomic E-state index is -0.837. The molecular formula is C29H28F2N6O3. The third kappa shape index (κ3) is 4.78. The van der Waals surface area contributed by atoms with E-state index in [2.05, 4.69) is 15.0 Å². The first-order valence-corrected chi connectivity index (χ1v) is 13.6. The molecule has 0 radical (unpaired) electrons. The molecule has 4 heterocycles. The summed E-state index contributed by atoms with van der Waals surface area (Å²) in [4.78, 5) is 39.0. The van der Waals surface area contributed by atoms with Crippen molar-refractivity contribution in [2.75, 3.05) is 13.1 Å². The first kappa shape index (κ1) is 25.9. The van der Waals surface area contributed by atoms with Crippen molar-refractivity contribution in [2.45, 2.75) is 50.7 Å². The van der Waals surface area contributed by atoms with Gasteiger partial charge in [-0.05, 0) is 74.3 Å². The van der Waals surface area contributed by atoms with E-state index in [1.54, 1.807) is 39.9 Å². The number of ether oxygens (including phenoxy) is 1. The van der Waals surface area contributed by atoms with Gasteiger partial charge in [0.25, 0.3) is 0 Å². The van der Waals surface area contributed by atoms with Gasteiger partial charge in [0.2, 0.25) is 0 Å². The van der Waals surface area contributed by atoms with E-state index in [9.17, 15) is 23.6 Å². The summed E-state index contributed by atoms with van der Waals surface area (Å²) >= 11 is 0. The van der Waals surface area contributed by atoms with E-state index in [1.165, 1.54) is 0 Å². The highest BCUT2D eigenvalue weighted by molar-refractivity contribution is 5.70. The highest BCUT2D eigenvalue weighted by Gasteiger charge is 2.36. The van der Waals surface area contributed by atoms with E-state index in [0.717, 1.165) is 17.2 Å². The number of piperidine rings is 1. The number of fused-ring (bicyclic) bond motifs is 2. The van der Waals surface area contributed by atoms with E-state index < -0.39 is 29.8 Å². The largest absolute Gasteiger partial charge is 0.440 e. The van der Waals surface area contributed by atoms with Gasteiger partial charge in [0.15, 0.2) is 11.5 Å². The maximum Gasteiger partial charge on any atom is 0.410 e. The van der Waals surface area contributed by atoms with Gasteiger partial charge < -0.3 is 9.64 Å². The number of allylic oxidation sites excluding steroid dienone is 4. The number of carbonyl (C=O) groups excluding carboxylic acids is 1. The van der Waals surface area contributed by atoms with Crippen molar-refractivity contribution in [3.8, 4) is 6.07 Å². The molecule has 3 aromatic heterocycles. The fraction of sp³-hybridized carbons (Fsp3) is 0.414. The number of rotatable bonds is 3. The zero-order valence-electron chi connectivity index (χ0n) is 21.7. The molecule has 206 valence electrons. The fourth-order valence-electron chi connectivity index (χ4n) is 6.26. The Morgan fingerprint density at radius 2 is 1.98 bits per heavy atom. The van der Waals surface area contributed by atoms with Crippen molar-refractivity contribution < 1.29 is 18.3 Å². The second-order valence-electron chi connectivity index (χ2n) is 10.6. The molecule has 9 nitrogen and oxygen atoms in total. The smallest absolute Gasteiger partial charge is 0.410 e. The van der Waals surface area contributed by atoms with Crippen molar-refractivity contribution in [1.82, 2.24) is 24.4 Å². The summed E-state index contributed by atoms with van der Waals surface area (Å²) in [5, 5.41) is 9.43. The number of H-pyrrole nitrogens is 1. The summed E-state index contributed by atoms with van der Waals surface area (Å²) in [6.45, 7) is 0.806. The number of aromatic amines is 1. The summed E-state index contributed by atoms with van der Waals surface area (Å²) < 4.78 is 36.4. The number of hydrogen-bond donors (Lipinski definition) is 1. The van der Waals surface area contributed by atoms with E-state index in [1.807, 2.05) is 12.1 Å². The predicted octanol–water partition coefficient (Wildman–Crippen LogP) is 5.19. The molecule has 1 aliphatic heterocycles.